The number of halogens is 1. The molecule has 7 heteroatoms. The lowest BCUT2D eigenvalue weighted by molar-refractivity contribution is -0.117. The van der Waals surface area contributed by atoms with Crippen LogP contribution < -0.4 is 10.2 Å². The van der Waals surface area contributed by atoms with Crippen LogP contribution in [-0.2, 0) is 14.3 Å². The molecule has 0 aliphatic heterocycles. The van der Waals surface area contributed by atoms with Crippen molar-refractivity contribution in [3.63, 3.8) is 0 Å². The molecule has 0 spiro atoms. The smallest absolute Gasteiger partial charge is 0.337 e. The molecule has 0 bridgehead atoms. The van der Waals surface area contributed by atoms with Gasteiger partial charge in [0.05, 0.1) is 12.7 Å². The quantitative estimate of drug-likeness (QED) is 0.763. The number of carbonyl (C=O) groups is 3. The van der Waals surface area contributed by atoms with Gasteiger partial charge >= 0.3 is 5.97 Å². The van der Waals surface area contributed by atoms with Crippen molar-refractivity contribution in [3.05, 3.63) is 58.6 Å². The number of rotatable bonds is 6. The van der Waals surface area contributed by atoms with E-state index in [1.165, 1.54) is 25.0 Å². The zero-order valence-corrected chi connectivity index (χ0v) is 16.2. The van der Waals surface area contributed by atoms with Crippen LogP contribution in [0.2, 0.25) is 5.02 Å². The maximum absolute atomic E-state index is 12.3. The fourth-order valence-electron chi connectivity index (χ4n) is 2.65. The van der Waals surface area contributed by atoms with Crippen molar-refractivity contribution in [2.24, 2.45) is 0 Å². The highest BCUT2D eigenvalue weighted by atomic mass is 35.5. The highest BCUT2D eigenvalue weighted by molar-refractivity contribution is 6.30. The molecule has 0 fully saturated rings. The second kappa shape index (κ2) is 9.19. The molecule has 2 aromatic carbocycles. The van der Waals surface area contributed by atoms with Crippen molar-refractivity contribution in [1.82, 2.24) is 0 Å². The second-order valence-corrected chi connectivity index (χ2v) is 6.41. The van der Waals surface area contributed by atoms with Crippen LogP contribution in [0.1, 0.15) is 29.3 Å². The van der Waals surface area contributed by atoms with Crippen molar-refractivity contribution >= 4 is 40.8 Å². The van der Waals surface area contributed by atoms with Gasteiger partial charge in [-0.05, 0) is 48.9 Å². The molecule has 1 N–H and O–H groups in total. The number of anilines is 2. The molecule has 0 saturated carbocycles. The number of hydrogen-bond acceptors (Lipinski definition) is 4. The number of amides is 2. The Balaban J connectivity index is 2.04. The zero-order chi connectivity index (χ0) is 20.0. The van der Waals surface area contributed by atoms with Crippen LogP contribution in [0.4, 0.5) is 11.4 Å². The number of nitrogens with one attached hydrogen (secondary N) is 1. The van der Waals surface area contributed by atoms with Gasteiger partial charge in [0.2, 0.25) is 11.8 Å². The molecule has 0 unspecified atom stereocenters. The van der Waals surface area contributed by atoms with Crippen LogP contribution in [0.3, 0.4) is 0 Å². The Morgan fingerprint density at radius 1 is 1.15 bits per heavy atom. The van der Waals surface area contributed by atoms with Gasteiger partial charge in [-0.15, -0.1) is 0 Å². The lowest BCUT2D eigenvalue weighted by Gasteiger charge is -2.23. The summed E-state index contributed by atoms with van der Waals surface area (Å²) in [7, 11) is 1.29. The highest BCUT2D eigenvalue weighted by Crippen LogP contribution is 2.24. The molecule has 2 rings (SSSR count). The van der Waals surface area contributed by atoms with Crippen molar-refractivity contribution < 1.29 is 19.1 Å². The monoisotopic (exact) mass is 388 g/mol. The number of aryl methyl sites for hydroxylation is 1. The van der Waals surface area contributed by atoms with Crippen LogP contribution in [0, 0.1) is 6.92 Å². The third-order valence-corrected chi connectivity index (χ3v) is 4.19. The zero-order valence-electron chi connectivity index (χ0n) is 15.4. The standard InChI is InChI=1S/C20H21ClN2O4/c1-13-11-16(21)7-8-18(13)23(14(2)24)10-9-19(25)22-17-6-4-5-15(12-17)20(26)27-3/h4-8,11-12H,9-10H2,1-3H3,(H,22,25). The van der Waals surface area contributed by atoms with Crippen molar-refractivity contribution in [1.29, 1.82) is 0 Å². The number of methoxy groups -OCH3 is 1. The first-order valence-electron chi connectivity index (χ1n) is 8.34. The van der Waals surface area contributed by atoms with E-state index in [-0.39, 0.29) is 24.8 Å². The van der Waals surface area contributed by atoms with E-state index in [2.05, 4.69) is 10.1 Å². The average molecular weight is 389 g/mol. The molecule has 0 aliphatic carbocycles. The Hall–Kier alpha value is -2.86. The minimum absolute atomic E-state index is 0.101. The summed E-state index contributed by atoms with van der Waals surface area (Å²) in [6, 6.07) is 11.7. The third kappa shape index (κ3) is 5.56. The van der Waals surface area contributed by atoms with Gasteiger partial charge in [-0.1, -0.05) is 17.7 Å². The molecule has 142 valence electrons. The average Bonchev–Trinajstić information content (AvgIpc) is 2.62. The third-order valence-electron chi connectivity index (χ3n) is 3.96. The van der Waals surface area contributed by atoms with Gasteiger partial charge < -0.3 is 15.0 Å². The molecule has 27 heavy (non-hydrogen) atoms. The van der Waals surface area contributed by atoms with E-state index in [0.29, 0.717) is 22.0 Å². The number of benzene rings is 2. The minimum Gasteiger partial charge on any atom is -0.465 e. The number of ether oxygens (including phenoxy) is 1. The van der Waals surface area contributed by atoms with Crippen molar-refractivity contribution in [2.45, 2.75) is 20.3 Å². The van der Waals surface area contributed by atoms with E-state index in [9.17, 15) is 14.4 Å². The fraction of sp³-hybridized carbons (Fsp3) is 0.250. The van der Waals surface area contributed by atoms with Crippen LogP contribution in [0.15, 0.2) is 42.5 Å². The van der Waals surface area contributed by atoms with Crippen molar-refractivity contribution in [2.75, 3.05) is 23.9 Å². The summed E-state index contributed by atoms with van der Waals surface area (Å²) in [5.41, 5.74) is 2.40. The highest BCUT2D eigenvalue weighted by Gasteiger charge is 2.16. The topological polar surface area (TPSA) is 75.7 Å². The summed E-state index contributed by atoms with van der Waals surface area (Å²) in [5, 5.41) is 3.31. The lowest BCUT2D eigenvalue weighted by atomic mass is 10.1. The van der Waals surface area contributed by atoms with Crippen LogP contribution in [0.25, 0.3) is 0 Å². The van der Waals surface area contributed by atoms with Crippen LogP contribution in [-0.4, -0.2) is 31.4 Å². The normalized spacial score (nSPS) is 10.2. The maximum atomic E-state index is 12.3. The molecule has 2 amide bonds. The molecule has 2 aromatic rings. The van der Waals surface area contributed by atoms with E-state index >= 15 is 0 Å². The van der Waals surface area contributed by atoms with Gasteiger partial charge in [-0.2, -0.15) is 0 Å². The largest absolute Gasteiger partial charge is 0.465 e. The summed E-state index contributed by atoms with van der Waals surface area (Å²) in [4.78, 5) is 37.4. The van der Waals surface area contributed by atoms with Gasteiger partial charge in [-0.25, -0.2) is 4.79 Å². The van der Waals surface area contributed by atoms with Gasteiger partial charge in [0.25, 0.3) is 0 Å². The summed E-state index contributed by atoms with van der Waals surface area (Å²) in [6.07, 6.45) is 0.101. The Morgan fingerprint density at radius 2 is 1.89 bits per heavy atom. The van der Waals surface area contributed by atoms with Crippen LogP contribution in [0.5, 0.6) is 0 Å². The predicted octanol–water partition coefficient (Wildman–Crippen LogP) is 3.82. The van der Waals surface area contributed by atoms with Gasteiger partial charge in [0.15, 0.2) is 0 Å². The first-order valence-corrected chi connectivity index (χ1v) is 8.72. The SMILES string of the molecule is COC(=O)c1cccc(NC(=O)CCN(C(C)=O)c2ccc(Cl)cc2C)c1. The maximum Gasteiger partial charge on any atom is 0.337 e. The second-order valence-electron chi connectivity index (χ2n) is 5.97. The number of carbonyl (C=O) groups excluding carboxylic acids is 3. The summed E-state index contributed by atoms with van der Waals surface area (Å²) in [6.45, 7) is 3.53. The summed E-state index contributed by atoms with van der Waals surface area (Å²) in [5.74, 6) is -0.914. The van der Waals surface area contributed by atoms with E-state index in [0.717, 1.165) is 5.56 Å². The summed E-state index contributed by atoms with van der Waals surface area (Å²) >= 11 is 5.96. The number of nitrogens with zero attached hydrogens (tertiary/aromatic N) is 1. The number of hydrogen-bond donors (Lipinski definition) is 1. The molecular weight excluding hydrogens is 368 g/mol. The molecule has 0 atom stereocenters. The minimum atomic E-state index is -0.480. The van der Waals surface area contributed by atoms with E-state index in [1.807, 2.05) is 6.92 Å². The molecular formula is C20H21ClN2O4. The fourth-order valence-corrected chi connectivity index (χ4v) is 2.87. The van der Waals surface area contributed by atoms with E-state index in [1.54, 1.807) is 36.4 Å². The van der Waals surface area contributed by atoms with Gasteiger partial charge in [-0.3, -0.25) is 9.59 Å². The van der Waals surface area contributed by atoms with Crippen molar-refractivity contribution in [3.8, 4) is 0 Å². The first kappa shape index (κ1) is 20.5. The molecule has 0 radical (unpaired) electrons. The van der Waals surface area contributed by atoms with Crippen LogP contribution >= 0.6 is 11.6 Å². The molecule has 0 heterocycles. The molecule has 0 aromatic heterocycles. The van der Waals surface area contributed by atoms with Gasteiger partial charge in [0, 0.05) is 36.3 Å². The summed E-state index contributed by atoms with van der Waals surface area (Å²) < 4.78 is 4.66. The van der Waals surface area contributed by atoms with Gasteiger partial charge in [0.1, 0.15) is 0 Å². The predicted molar refractivity (Wildman–Crippen MR) is 105 cm³/mol. The Labute approximate surface area is 163 Å². The molecule has 6 nitrogen and oxygen atoms in total. The Bertz CT molecular complexity index is 867. The van der Waals surface area contributed by atoms with E-state index < -0.39 is 5.97 Å². The van der Waals surface area contributed by atoms with E-state index in [4.69, 9.17) is 11.6 Å². The first-order chi connectivity index (χ1) is 12.8. The Kier molecular flexibility index (Phi) is 6.96. The molecule has 0 aliphatic rings. The number of esters is 1. The lowest BCUT2D eigenvalue weighted by Crippen LogP contribution is -2.32. The molecule has 0 saturated heterocycles. The Morgan fingerprint density at radius 3 is 2.52 bits per heavy atom.